The number of rotatable bonds is 7. The second kappa shape index (κ2) is 9.32. The van der Waals surface area contributed by atoms with E-state index in [4.69, 9.17) is 21.7 Å². The van der Waals surface area contributed by atoms with E-state index in [0.717, 1.165) is 0 Å². The predicted molar refractivity (Wildman–Crippen MR) is 114 cm³/mol. The Kier molecular flexibility index (Phi) is 6.58. The lowest BCUT2D eigenvalue weighted by Crippen LogP contribution is -2.53. The van der Waals surface area contributed by atoms with Crippen LogP contribution in [0.4, 0.5) is 4.39 Å². The van der Waals surface area contributed by atoms with Crippen LogP contribution in [0.2, 0.25) is 0 Å². The van der Waals surface area contributed by atoms with Crippen molar-refractivity contribution in [3.8, 4) is 11.5 Å². The molecular formula is C22H19FN2O4S. The highest BCUT2D eigenvalue weighted by Gasteiger charge is 2.32. The monoisotopic (exact) mass is 426 g/mol. The molecule has 1 heterocycles. The number of nitrogens with one attached hydrogen (secondary N) is 1. The number of benzene rings is 2. The van der Waals surface area contributed by atoms with Crippen molar-refractivity contribution in [2.24, 2.45) is 0 Å². The number of carbonyl (C=O) groups is 2. The lowest BCUT2D eigenvalue weighted by Gasteiger charge is -2.27. The van der Waals surface area contributed by atoms with Crippen LogP contribution in [0.25, 0.3) is 6.08 Å². The molecular weight excluding hydrogens is 407 g/mol. The van der Waals surface area contributed by atoms with Gasteiger partial charge in [0.25, 0.3) is 11.8 Å². The van der Waals surface area contributed by atoms with Gasteiger partial charge in [0.05, 0.1) is 7.11 Å². The fraction of sp³-hybridized carbons (Fsp3) is 0.136. The molecule has 1 N–H and O–H groups in total. The number of hydrogen-bond donors (Lipinski definition) is 1. The maximum atomic E-state index is 13.8. The average molecular weight is 426 g/mol. The third kappa shape index (κ3) is 4.55. The molecule has 2 amide bonds. The van der Waals surface area contributed by atoms with E-state index >= 15 is 0 Å². The van der Waals surface area contributed by atoms with Crippen molar-refractivity contribution in [3.63, 3.8) is 0 Å². The first-order chi connectivity index (χ1) is 14.4. The van der Waals surface area contributed by atoms with Crippen molar-refractivity contribution < 1.29 is 23.5 Å². The Morgan fingerprint density at radius 3 is 2.67 bits per heavy atom. The van der Waals surface area contributed by atoms with Gasteiger partial charge in [-0.1, -0.05) is 30.3 Å². The van der Waals surface area contributed by atoms with Crippen molar-refractivity contribution in [2.75, 3.05) is 13.7 Å². The highest BCUT2D eigenvalue weighted by Crippen LogP contribution is 2.30. The number of ether oxygens (including phenoxy) is 2. The van der Waals surface area contributed by atoms with Crippen LogP contribution in [0.5, 0.6) is 11.5 Å². The molecule has 1 saturated heterocycles. The van der Waals surface area contributed by atoms with Crippen LogP contribution >= 0.6 is 12.2 Å². The van der Waals surface area contributed by atoms with Gasteiger partial charge in [-0.05, 0) is 42.1 Å². The van der Waals surface area contributed by atoms with Crippen molar-refractivity contribution in [1.82, 2.24) is 10.2 Å². The maximum absolute atomic E-state index is 13.8. The molecule has 154 valence electrons. The summed E-state index contributed by atoms with van der Waals surface area (Å²) in [6.45, 7) is 3.80. The summed E-state index contributed by atoms with van der Waals surface area (Å²) in [5.41, 5.74) is 0.899. The van der Waals surface area contributed by atoms with Crippen LogP contribution in [0.1, 0.15) is 11.1 Å². The van der Waals surface area contributed by atoms with Gasteiger partial charge >= 0.3 is 0 Å². The zero-order valence-corrected chi connectivity index (χ0v) is 17.0. The molecule has 1 aliphatic heterocycles. The van der Waals surface area contributed by atoms with Gasteiger partial charge in [-0.3, -0.25) is 19.8 Å². The van der Waals surface area contributed by atoms with Gasteiger partial charge in [0.1, 0.15) is 18.0 Å². The van der Waals surface area contributed by atoms with Crippen molar-refractivity contribution in [1.29, 1.82) is 0 Å². The second-order valence-electron chi connectivity index (χ2n) is 6.31. The molecule has 0 saturated carbocycles. The summed E-state index contributed by atoms with van der Waals surface area (Å²) in [5.74, 6) is -0.673. The fourth-order valence-electron chi connectivity index (χ4n) is 2.82. The SMILES string of the molecule is C=CCN1C(=O)/C(=C\c2ccc(OCc3ccccc3F)c(OC)c2)C(=O)NC1=S. The normalized spacial score (nSPS) is 15.2. The molecule has 0 bridgehead atoms. The van der Waals surface area contributed by atoms with E-state index in [-0.39, 0.29) is 29.7 Å². The summed E-state index contributed by atoms with van der Waals surface area (Å²) in [7, 11) is 1.46. The minimum Gasteiger partial charge on any atom is -0.493 e. The molecule has 2 aromatic rings. The molecule has 3 rings (SSSR count). The summed E-state index contributed by atoms with van der Waals surface area (Å²) in [4.78, 5) is 26.1. The molecule has 8 heteroatoms. The van der Waals surface area contributed by atoms with Gasteiger partial charge in [0, 0.05) is 12.1 Å². The Hall–Kier alpha value is -3.52. The Bertz CT molecular complexity index is 1050. The second-order valence-corrected chi connectivity index (χ2v) is 6.70. The third-order valence-electron chi connectivity index (χ3n) is 4.34. The molecule has 0 radical (unpaired) electrons. The first kappa shape index (κ1) is 21.2. The van der Waals surface area contributed by atoms with Gasteiger partial charge in [0.2, 0.25) is 0 Å². The lowest BCUT2D eigenvalue weighted by atomic mass is 10.1. The lowest BCUT2D eigenvalue weighted by molar-refractivity contribution is -0.128. The van der Waals surface area contributed by atoms with E-state index < -0.39 is 11.8 Å². The topological polar surface area (TPSA) is 67.9 Å². The average Bonchev–Trinajstić information content (AvgIpc) is 2.74. The van der Waals surface area contributed by atoms with Gasteiger partial charge < -0.3 is 9.47 Å². The first-order valence-electron chi connectivity index (χ1n) is 8.98. The van der Waals surface area contributed by atoms with E-state index in [1.807, 2.05) is 0 Å². The molecule has 2 aromatic carbocycles. The standard InChI is InChI=1S/C22H19FN2O4S/c1-3-10-25-21(27)16(20(26)24-22(25)30)11-14-8-9-18(19(12-14)28-2)29-13-15-6-4-5-7-17(15)23/h3-9,11-12H,1,10,13H2,2H3,(H,24,26,30)/b16-11-. The summed E-state index contributed by atoms with van der Waals surface area (Å²) in [6, 6.07) is 11.2. The molecule has 0 unspecified atom stereocenters. The first-order valence-corrected chi connectivity index (χ1v) is 9.39. The van der Waals surface area contributed by atoms with Crippen LogP contribution < -0.4 is 14.8 Å². The smallest absolute Gasteiger partial charge is 0.265 e. The highest BCUT2D eigenvalue weighted by atomic mass is 32.1. The van der Waals surface area contributed by atoms with Crippen LogP contribution in [0, 0.1) is 5.82 Å². The van der Waals surface area contributed by atoms with Crippen LogP contribution in [0.3, 0.4) is 0 Å². The number of hydrogen-bond acceptors (Lipinski definition) is 5. The van der Waals surface area contributed by atoms with Gasteiger partial charge in [-0.2, -0.15) is 0 Å². The molecule has 1 aliphatic rings. The summed E-state index contributed by atoms with van der Waals surface area (Å²) >= 11 is 5.03. The quantitative estimate of drug-likeness (QED) is 0.319. The van der Waals surface area contributed by atoms with E-state index in [0.29, 0.717) is 22.6 Å². The maximum Gasteiger partial charge on any atom is 0.265 e. The van der Waals surface area contributed by atoms with Gasteiger partial charge in [0.15, 0.2) is 16.6 Å². The number of carbonyl (C=O) groups excluding carboxylic acids is 2. The fourth-order valence-corrected chi connectivity index (χ4v) is 3.07. The summed E-state index contributed by atoms with van der Waals surface area (Å²) in [6.07, 6.45) is 2.96. The van der Waals surface area contributed by atoms with Crippen molar-refractivity contribution >= 4 is 35.2 Å². The Labute approximate surface area is 178 Å². The number of methoxy groups -OCH3 is 1. The minimum atomic E-state index is -0.579. The number of halogens is 1. The molecule has 6 nitrogen and oxygen atoms in total. The van der Waals surface area contributed by atoms with E-state index in [2.05, 4.69) is 11.9 Å². The highest BCUT2D eigenvalue weighted by molar-refractivity contribution is 7.80. The zero-order valence-electron chi connectivity index (χ0n) is 16.2. The number of nitrogens with zero attached hydrogens (tertiary/aromatic N) is 1. The minimum absolute atomic E-state index is 0.0261. The van der Waals surface area contributed by atoms with E-state index in [1.165, 1.54) is 30.2 Å². The van der Waals surface area contributed by atoms with Crippen molar-refractivity contribution in [3.05, 3.63) is 77.6 Å². The molecule has 1 fully saturated rings. The largest absolute Gasteiger partial charge is 0.493 e. The van der Waals surface area contributed by atoms with E-state index in [1.54, 1.807) is 36.4 Å². The van der Waals surface area contributed by atoms with Crippen LogP contribution in [-0.4, -0.2) is 35.5 Å². The van der Waals surface area contributed by atoms with Gasteiger partial charge in [-0.25, -0.2) is 4.39 Å². The number of thiocarbonyl (C=S) groups is 1. The Morgan fingerprint density at radius 2 is 1.97 bits per heavy atom. The molecule has 0 atom stereocenters. The summed E-state index contributed by atoms with van der Waals surface area (Å²) in [5, 5.41) is 2.53. The molecule has 0 aliphatic carbocycles. The summed E-state index contributed by atoms with van der Waals surface area (Å²) < 4.78 is 24.8. The van der Waals surface area contributed by atoms with Gasteiger partial charge in [-0.15, -0.1) is 6.58 Å². The Morgan fingerprint density at radius 1 is 1.20 bits per heavy atom. The molecule has 0 aromatic heterocycles. The molecule has 30 heavy (non-hydrogen) atoms. The zero-order chi connectivity index (χ0) is 21.7. The molecule has 0 spiro atoms. The predicted octanol–water partition coefficient (Wildman–Crippen LogP) is 3.23. The van der Waals surface area contributed by atoms with Crippen molar-refractivity contribution in [2.45, 2.75) is 6.61 Å². The van der Waals surface area contributed by atoms with E-state index in [9.17, 15) is 14.0 Å². The number of amides is 2. The van der Waals surface area contributed by atoms with Crippen LogP contribution in [0.15, 0.2) is 60.7 Å². The third-order valence-corrected chi connectivity index (χ3v) is 4.66. The Balaban J connectivity index is 1.84. The van der Waals surface area contributed by atoms with Crippen LogP contribution in [-0.2, 0) is 16.2 Å².